The fourth-order valence-electron chi connectivity index (χ4n) is 11.5. The number of H-pyrrole nitrogens is 2. The average molecular weight is 1120 g/mol. The molecule has 4 aliphatic rings. The lowest BCUT2D eigenvalue weighted by Crippen LogP contribution is -2.43. The minimum atomic E-state index is -0.837. The van der Waals surface area contributed by atoms with Gasteiger partial charge in [-0.2, -0.15) is 10.2 Å². The highest BCUT2D eigenvalue weighted by atomic mass is 19.2. The van der Waals surface area contributed by atoms with Crippen molar-refractivity contribution < 1.29 is 8.78 Å². The van der Waals surface area contributed by atoms with E-state index < -0.39 is 11.6 Å². The monoisotopic (exact) mass is 1120 g/mol. The van der Waals surface area contributed by atoms with E-state index in [9.17, 15) is 4.39 Å². The van der Waals surface area contributed by atoms with Crippen LogP contribution in [0.15, 0.2) is 117 Å². The largest absolute Gasteiger partial charge is 0.353 e. The number of likely N-dealkylation sites (tertiary alicyclic amines) is 2. The van der Waals surface area contributed by atoms with Gasteiger partial charge in [0, 0.05) is 113 Å². The number of hydrogen-bond acceptors (Lipinski definition) is 13. The van der Waals surface area contributed by atoms with Crippen LogP contribution in [-0.4, -0.2) is 157 Å². The van der Waals surface area contributed by atoms with E-state index in [4.69, 9.17) is 4.98 Å². The summed E-state index contributed by atoms with van der Waals surface area (Å²) in [6.07, 6.45) is 13.7. The summed E-state index contributed by atoms with van der Waals surface area (Å²) in [5, 5.41) is 23.8. The molecule has 9 heterocycles. The van der Waals surface area contributed by atoms with Crippen molar-refractivity contribution in [2.45, 2.75) is 79.1 Å². The zero-order valence-electron chi connectivity index (χ0n) is 49.3. The molecule has 0 aliphatic carbocycles. The molecule has 4 saturated heterocycles. The molecule has 436 valence electrons. The lowest BCUT2D eigenvalue weighted by atomic mass is 9.98. The minimum absolute atomic E-state index is 0.254. The van der Waals surface area contributed by atoms with E-state index in [1.54, 1.807) is 12.1 Å². The van der Waals surface area contributed by atoms with Gasteiger partial charge in [0.2, 0.25) is 0 Å². The number of piperazine rings is 2. The second kappa shape index (κ2) is 27.9. The third-order valence-electron chi connectivity index (χ3n) is 16.6. The standard InChI is InChI=1S/C32H37F2N7.C32H40N8.C2H6/c1-22(36-25-7-8-26(35-19-25)21-41-14-12-39(2)13-15-41)32-28-18-24(6-9-30(28)37-38-32)27-16-23(17-29(33)31(27)34)20-40-10-4-3-5-11-40;1-23-8-10-39(11-9-23)21-25-16-27(19-33-18-25)26-4-7-31-30(17-26)32(37-36-31)24(2)35-28-5-6-29(34-20-28)22-40-14-12-38(3)13-15-40;1-2/h6-9,16-19,36H,1,3-5,10-15,20-21H2,2H3,(H,37,38);4-7,16-20,23,35H,2,8-15,21-22H2,1,3H3,(H,36,37);1-2H3. The zero-order chi connectivity index (χ0) is 57.8. The highest BCUT2D eigenvalue weighted by molar-refractivity contribution is 5.96. The van der Waals surface area contributed by atoms with Crippen molar-refractivity contribution in [3.05, 3.63) is 162 Å². The summed E-state index contributed by atoms with van der Waals surface area (Å²) in [6, 6.07) is 25.5. The molecule has 3 aromatic carbocycles. The maximum absolute atomic E-state index is 15.1. The molecule has 83 heavy (non-hydrogen) atoms. The molecule has 4 aliphatic heterocycles. The fraction of sp³-hybridized carbons (Fsp3) is 0.409. The summed E-state index contributed by atoms with van der Waals surface area (Å²) < 4.78 is 29.8. The number of anilines is 2. The summed E-state index contributed by atoms with van der Waals surface area (Å²) in [6.45, 7) is 31.1. The molecule has 8 aromatic rings. The van der Waals surface area contributed by atoms with Crippen molar-refractivity contribution in [3.63, 3.8) is 0 Å². The first kappa shape index (κ1) is 58.9. The molecule has 0 saturated carbocycles. The third-order valence-corrected chi connectivity index (χ3v) is 16.6. The molecular weight excluding hydrogens is 1040 g/mol. The number of nitrogens with one attached hydrogen (secondary N) is 4. The molecular formula is C66H83F2N15. The molecule has 0 unspecified atom stereocenters. The highest BCUT2D eigenvalue weighted by Crippen LogP contribution is 2.33. The van der Waals surface area contributed by atoms with E-state index in [-0.39, 0.29) is 5.56 Å². The number of aromatic amines is 2. The van der Waals surface area contributed by atoms with Gasteiger partial charge in [0.05, 0.1) is 57.6 Å². The molecule has 4 N–H and O–H groups in total. The number of piperidine rings is 2. The topological polar surface area (TPSA) is 140 Å². The van der Waals surface area contributed by atoms with E-state index in [0.29, 0.717) is 23.5 Å². The van der Waals surface area contributed by atoms with Gasteiger partial charge in [-0.05, 0) is 161 Å². The Kier molecular flexibility index (Phi) is 19.8. The number of nitrogens with zero attached hydrogens (tertiary/aromatic N) is 11. The van der Waals surface area contributed by atoms with Gasteiger partial charge in [-0.3, -0.25) is 44.7 Å². The number of pyridine rings is 3. The molecule has 17 heteroatoms. The maximum atomic E-state index is 15.1. The van der Waals surface area contributed by atoms with Gasteiger partial charge in [0.1, 0.15) is 11.4 Å². The Morgan fingerprint density at radius 2 is 1.04 bits per heavy atom. The van der Waals surface area contributed by atoms with Crippen LogP contribution in [-0.2, 0) is 26.2 Å². The summed E-state index contributed by atoms with van der Waals surface area (Å²) >= 11 is 0. The summed E-state index contributed by atoms with van der Waals surface area (Å²) in [5.41, 5.74) is 13.5. The third kappa shape index (κ3) is 15.3. The lowest BCUT2D eigenvalue weighted by molar-refractivity contribution is 0.147. The SMILES string of the molecule is C=C(Nc1ccc(CN2CCN(C)CC2)nc1)c1n[nH]c2ccc(-c3cc(CN4CCCCC4)cc(F)c3F)cc12.C=C(Nc1ccc(CN2CCN(C)CC2)nc1)c1n[nH]c2ccc(-c3cncc(CN4CCC(C)CC4)c3)cc12.CC. The molecule has 0 amide bonds. The van der Waals surface area contributed by atoms with Crippen LogP contribution in [0.25, 0.3) is 55.5 Å². The van der Waals surface area contributed by atoms with Crippen LogP contribution in [0, 0.1) is 17.6 Å². The Morgan fingerprint density at radius 1 is 0.530 bits per heavy atom. The minimum Gasteiger partial charge on any atom is -0.353 e. The van der Waals surface area contributed by atoms with E-state index in [2.05, 4.69) is 141 Å². The second-order valence-electron chi connectivity index (χ2n) is 22.9. The molecule has 0 spiro atoms. The van der Waals surface area contributed by atoms with Crippen molar-refractivity contribution in [1.29, 1.82) is 0 Å². The van der Waals surface area contributed by atoms with Crippen LogP contribution in [0.1, 0.15) is 86.8 Å². The Balaban J connectivity index is 0.000000180. The summed E-state index contributed by atoms with van der Waals surface area (Å²) in [4.78, 5) is 28.4. The first-order valence-electron chi connectivity index (χ1n) is 29.9. The molecule has 0 radical (unpaired) electrons. The van der Waals surface area contributed by atoms with Crippen LogP contribution >= 0.6 is 0 Å². The molecule has 4 fully saturated rings. The first-order valence-corrected chi connectivity index (χ1v) is 29.9. The van der Waals surface area contributed by atoms with Crippen LogP contribution in [0.3, 0.4) is 0 Å². The van der Waals surface area contributed by atoms with Crippen LogP contribution in [0.5, 0.6) is 0 Å². The number of halogens is 2. The Morgan fingerprint density at radius 3 is 1.58 bits per heavy atom. The second-order valence-corrected chi connectivity index (χ2v) is 22.9. The Bertz CT molecular complexity index is 3420. The first-order chi connectivity index (χ1) is 40.4. The highest BCUT2D eigenvalue weighted by Gasteiger charge is 2.21. The van der Waals surface area contributed by atoms with Gasteiger partial charge >= 0.3 is 0 Å². The molecule has 5 aromatic heterocycles. The van der Waals surface area contributed by atoms with Crippen molar-refractivity contribution in [2.24, 2.45) is 5.92 Å². The van der Waals surface area contributed by atoms with Crippen LogP contribution in [0.2, 0.25) is 0 Å². The van der Waals surface area contributed by atoms with Crippen molar-refractivity contribution in [2.75, 3.05) is 103 Å². The van der Waals surface area contributed by atoms with E-state index in [0.717, 1.165) is 176 Å². The number of hydrogen-bond donors (Lipinski definition) is 4. The number of benzene rings is 3. The Hall–Kier alpha value is -7.25. The molecule has 0 atom stereocenters. The van der Waals surface area contributed by atoms with E-state index >= 15 is 4.39 Å². The lowest BCUT2D eigenvalue weighted by Gasteiger charge is -2.32. The van der Waals surface area contributed by atoms with Gasteiger partial charge in [-0.15, -0.1) is 0 Å². The normalized spacial score (nSPS) is 17.2. The molecule has 15 nitrogen and oxygen atoms in total. The van der Waals surface area contributed by atoms with Crippen LogP contribution in [0.4, 0.5) is 20.2 Å². The van der Waals surface area contributed by atoms with Gasteiger partial charge in [0.15, 0.2) is 11.6 Å². The number of fused-ring (bicyclic) bond motifs is 2. The number of likely N-dealkylation sites (N-methyl/N-ethyl adjacent to an activating group) is 2. The van der Waals surface area contributed by atoms with E-state index in [1.165, 1.54) is 44.0 Å². The average Bonchev–Trinajstić information content (AvgIpc) is 4.31. The van der Waals surface area contributed by atoms with E-state index in [1.807, 2.05) is 62.9 Å². The molecule has 12 rings (SSSR count). The van der Waals surface area contributed by atoms with Gasteiger partial charge < -0.3 is 20.4 Å². The smallest absolute Gasteiger partial charge is 0.166 e. The predicted octanol–water partition coefficient (Wildman–Crippen LogP) is 11.8. The quantitative estimate of drug-likeness (QED) is 0.0731. The summed E-state index contributed by atoms with van der Waals surface area (Å²) in [5.74, 6) is -0.822. The zero-order valence-corrected chi connectivity index (χ0v) is 49.3. The predicted molar refractivity (Wildman–Crippen MR) is 334 cm³/mol. The number of rotatable bonds is 16. The van der Waals surface area contributed by atoms with Crippen molar-refractivity contribution in [1.82, 2.24) is 64.7 Å². The molecule has 0 bridgehead atoms. The maximum Gasteiger partial charge on any atom is 0.166 e. The number of aromatic nitrogens is 7. The van der Waals surface area contributed by atoms with Crippen LogP contribution < -0.4 is 10.6 Å². The van der Waals surface area contributed by atoms with Gasteiger partial charge in [-0.25, -0.2) is 8.78 Å². The fourth-order valence-corrected chi connectivity index (χ4v) is 11.5. The summed E-state index contributed by atoms with van der Waals surface area (Å²) in [7, 11) is 4.33. The Labute approximate surface area is 488 Å². The van der Waals surface area contributed by atoms with Crippen molar-refractivity contribution in [3.8, 4) is 22.3 Å². The van der Waals surface area contributed by atoms with Gasteiger partial charge in [0.25, 0.3) is 0 Å². The van der Waals surface area contributed by atoms with Crippen molar-refractivity contribution >= 4 is 44.6 Å². The van der Waals surface area contributed by atoms with Gasteiger partial charge in [-0.1, -0.05) is 52.5 Å².